The molecule has 1 fully saturated rings. The highest BCUT2D eigenvalue weighted by molar-refractivity contribution is 5.88. The lowest BCUT2D eigenvalue weighted by Gasteiger charge is -2.45. The minimum atomic E-state index is -0.591. The molecule has 1 aromatic carbocycles. The fraction of sp³-hybridized carbons (Fsp3) is 0.346. The number of alkyl carbamates (subject to hydrolysis) is 1. The molecule has 0 unspecified atom stereocenters. The summed E-state index contributed by atoms with van der Waals surface area (Å²) >= 11 is 0. The van der Waals surface area contributed by atoms with Crippen molar-refractivity contribution in [3.63, 3.8) is 0 Å². The minimum absolute atomic E-state index is 0.0941. The number of benzene rings is 1. The average Bonchev–Trinajstić information content (AvgIpc) is 3.42. The summed E-state index contributed by atoms with van der Waals surface area (Å²) in [5, 5.41) is 13.1. The fourth-order valence-corrected chi connectivity index (χ4v) is 5.07. The number of fused-ring (bicyclic) bond motifs is 1. The first-order chi connectivity index (χ1) is 18.6. The predicted octanol–water partition coefficient (Wildman–Crippen LogP) is 3.51. The van der Waals surface area contributed by atoms with Crippen LogP contribution in [-0.4, -0.2) is 55.8 Å². The summed E-state index contributed by atoms with van der Waals surface area (Å²) < 4.78 is 14.5. The van der Waals surface area contributed by atoms with E-state index in [2.05, 4.69) is 26.0 Å². The van der Waals surface area contributed by atoms with E-state index in [4.69, 9.17) is 9.47 Å². The minimum Gasteiger partial charge on any atom is -0.453 e. The topological polar surface area (TPSA) is 146 Å². The number of rotatable bonds is 6. The van der Waals surface area contributed by atoms with Crippen molar-refractivity contribution in [1.29, 1.82) is 0 Å². The van der Waals surface area contributed by atoms with Crippen molar-refractivity contribution >= 4 is 40.4 Å². The number of amides is 2. The quantitative estimate of drug-likeness (QED) is 0.341. The van der Waals surface area contributed by atoms with E-state index in [0.717, 1.165) is 16.6 Å². The highest BCUT2D eigenvalue weighted by Gasteiger charge is 2.44. The largest absolute Gasteiger partial charge is 0.453 e. The first-order valence-corrected chi connectivity index (χ1v) is 12.3. The Morgan fingerprint density at radius 3 is 2.36 bits per heavy atom. The van der Waals surface area contributed by atoms with Crippen LogP contribution in [0.2, 0.25) is 0 Å². The molecule has 39 heavy (non-hydrogen) atoms. The van der Waals surface area contributed by atoms with Crippen molar-refractivity contribution < 1.29 is 19.1 Å². The summed E-state index contributed by atoms with van der Waals surface area (Å²) in [4.78, 5) is 41.3. The van der Waals surface area contributed by atoms with Crippen LogP contribution in [-0.2, 0) is 23.6 Å². The van der Waals surface area contributed by atoms with Gasteiger partial charge < -0.3 is 20.1 Å². The van der Waals surface area contributed by atoms with Gasteiger partial charge in [0.05, 0.1) is 37.6 Å². The average molecular weight is 535 g/mol. The molecule has 3 N–H and O–H groups in total. The molecule has 2 amide bonds. The second kappa shape index (κ2) is 9.82. The summed E-state index contributed by atoms with van der Waals surface area (Å²) in [6, 6.07) is 7.23. The van der Waals surface area contributed by atoms with Crippen molar-refractivity contribution in [2.24, 2.45) is 14.1 Å². The number of pyridine rings is 1. The van der Waals surface area contributed by atoms with Crippen LogP contribution in [0.5, 0.6) is 0 Å². The summed E-state index contributed by atoms with van der Waals surface area (Å²) in [7, 11) is 6.16. The Morgan fingerprint density at radius 2 is 1.69 bits per heavy atom. The van der Waals surface area contributed by atoms with Gasteiger partial charge in [0, 0.05) is 54.9 Å². The van der Waals surface area contributed by atoms with Gasteiger partial charge in [-0.3, -0.25) is 19.1 Å². The van der Waals surface area contributed by atoms with E-state index in [0.29, 0.717) is 35.6 Å². The third-order valence-corrected chi connectivity index (χ3v) is 6.98. The summed E-state index contributed by atoms with van der Waals surface area (Å²) in [6.45, 7) is 1.93. The van der Waals surface area contributed by atoms with E-state index in [-0.39, 0.29) is 11.7 Å². The molecule has 4 aromatic rings. The van der Waals surface area contributed by atoms with Crippen molar-refractivity contribution in [3.05, 3.63) is 53.3 Å². The van der Waals surface area contributed by atoms with E-state index >= 15 is 0 Å². The molecule has 204 valence electrons. The number of methoxy groups -OCH3 is 2. The molecule has 13 heteroatoms. The third-order valence-electron chi connectivity index (χ3n) is 6.98. The van der Waals surface area contributed by atoms with Crippen LogP contribution in [0.15, 0.2) is 47.7 Å². The smallest absolute Gasteiger partial charge is 0.411 e. The molecule has 0 bridgehead atoms. The molecule has 0 radical (unpaired) electrons. The van der Waals surface area contributed by atoms with Crippen molar-refractivity contribution in [2.75, 3.05) is 24.9 Å². The molecule has 0 aliphatic heterocycles. The number of anilines is 3. The predicted molar refractivity (Wildman–Crippen MR) is 145 cm³/mol. The van der Waals surface area contributed by atoms with Crippen LogP contribution < -0.4 is 21.6 Å². The van der Waals surface area contributed by atoms with Gasteiger partial charge in [-0.25, -0.2) is 19.4 Å². The van der Waals surface area contributed by atoms with Crippen molar-refractivity contribution in [1.82, 2.24) is 29.2 Å². The first-order valence-electron chi connectivity index (χ1n) is 12.3. The lowest BCUT2D eigenvalue weighted by Crippen LogP contribution is -2.56. The van der Waals surface area contributed by atoms with Gasteiger partial charge in [0.2, 0.25) is 0 Å². The Kier molecular flexibility index (Phi) is 6.50. The standard InChI is InChI=1S/C26H30N8O5/c1-26(31-24(36)39-5)10-19(11-26)34-20-9-22(27-13-21(20)33(3)25(34)37)29-17-6-15(16-12-28-32(2)14-16)7-18(8-17)30-23(35)38-4/h6-9,12-14,19H,10-11H2,1-5H3,(H,27,29)(H,30,35)(H,31,36). The van der Waals surface area contributed by atoms with Gasteiger partial charge in [-0.05, 0) is 43.5 Å². The fourth-order valence-electron chi connectivity index (χ4n) is 5.07. The molecule has 1 saturated carbocycles. The number of imidazole rings is 1. The number of hydrogen-bond acceptors (Lipinski definition) is 8. The van der Waals surface area contributed by atoms with E-state index in [1.807, 2.05) is 38.4 Å². The SMILES string of the molecule is COC(=O)Nc1cc(Nc2cc3c(cn2)n(C)c(=O)n3C2CC(C)(NC(=O)OC)C2)cc(-c2cnn(C)c2)c1. The molecule has 3 aromatic heterocycles. The van der Waals surface area contributed by atoms with Gasteiger partial charge in [-0.15, -0.1) is 0 Å². The molecule has 1 aliphatic carbocycles. The molecule has 13 nitrogen and oxygen atoms in total. The van der Waals surface area contributed by atoms with Gasteiger partial charge in [-0.2, -0.15) is 5.10 Å². The van der Waals surface area contributed by atoms with Gasteiger partial charge in [0.1, 0.15) is 5.82 Å². The van der Waals surface area contributed by atoms with Crippen LogP contribution in [0.3, 0.4) is 0 Å². The second-order valence-corrected chi connectivity index (χ2v) is 9.95. The Labute approximate surface area is 223 Å². The maximum absolute atomic E-state index is 13.2. The molecule has 5 rings (SSSR count). The Morgan fingerprint density at radius 1 is 0.974 bits per heavy atom. The zero-order chi connectivity index (χ0) is 27.9. The van der Waals surface area contributed by atoms with Crippen LogP contribution in [0.4, 0.5) is 26.8 Å². The number of nitrogens with zero attached hydrogens (tertiary/aromatic N) is 5. The summed E-state index contributed by atoms with van der Waals surface area (Å²) in [6.07, 6.45) is 5.34. The number of carbonyl (C=O) groups excluding carboxylic acids is 2. The van der Waals surface area contributed by atoms with Crippen molar-refractivity contribution in [2.45, 2.75) is 31.3 Å². The molecule has 1 aliphatic rings. The Balaban J connectivity index is 1.47. The number of hydrogen-bond donors (Lipinski definition) is 3. The van der Waals surface area contributed by atoms with Gasteiger partial charge in [-0.1, -0.05) is 0 Å². The molecular formula is C26H30N8O5. The Bertz CT molecular complexity index is 1630. The third kappa shape index (κ3) is 5.02. The molecule has 0 saturated heterocycles. The normalized spacial score (nSPS) is 18.3. The lowest BCUT2D eigenvalue weighted by atomic mass is 9.74. The highest BCUT2D eigenvalue weighted by atomic mass is 16.5. The van der Waals surface area contributed by atoms with Crippen LogP contribution >= 0.6 is 0 Å². The van der Waals surface area contributed by atoms with Crippen LogP contribution in [0, 0.1) is 0 Å². The van der Waals surface area contributed by atoms with E-state index in [1.165, 1.54) is 14.2 Å². The van der Waals surface area contributed by atoms with Gasteiger partial charge in [0.25, 0.3) is 0 Å². The van der Waals surface area contributed by atoms with Crippen LogP contribution in [0.1, 0.15) is 25.8 Å². The molecule has 0 spiro atoms. The summed E-state index contributed by atoms with van der Waals surface area (Å²) in [5.74, 6) is 0.518. The molecule has 3 heterocycles. The number of nitrogens with one attached hydrogen (secondary N) is 3. The van der Waals surface area contributed by atoms with Gasteiger partial charge >= 0.3 is 17.9 Å². The van der Waals surface area contributed by atoms with E-state index in [9.17, 15) is 14.4 Å². The number of ether oxygens (including phenoxy) is 2. The monoisotopic (exact) mass is 534 g/mol. The van der Waals surface area contributed by atoms with Crippen molar-refractivity contribution in [3.8, 4) is 11.1 Å². The molecule has 0 atom stereocenters. The van der Waals surface area contributed by atoms with Gasteiger partial charge in [0.15, 0.2) is 0 Å². The zero-order valence-electron chi connectivity index (χ0n) is 22.3. The molecular weight excluding hydrogens is 504 g/mol. The van der Waals surface area contributed by atoms with E-state index < -0.39 is 17.7 Å². The first kappa shape index (κ1) is 25.8. The maximum Gasteiger partial charge on any atom is 0.411 e. The summed E-state index contributed by atoms with van der Waals surface area (Å²) in [5.41, 5.74) is 3.68. The van der Waals surface area contributed by atoms with E-state index in [1.54, 1.807) is 39.3 Å². The number of aromatic nitrogens is 5. The van der Waals surface area contributed by atoms with Crippen LogP contribution in [0.25, 0.3) is 22.2 Å². The lowest BCUT2D eigenvalue weighted by molar-refractivity contribution is 0.105. The maximum atomic E-state index is 13.2. The number of carbonyl (C=O) groups is 2. The second-order valence-electron chi connectivity index (χ2n) is 9.95. The number of aryl methyl sites for hydroxylation is 2. The highest BCUT2D eigenvalue weighted by Crippen LogP contribution is 2.42. The Hall–Kier alpha value is -4.81. The zero-order valence-corrected chi connectivity index (χ0v) is 22.3.